The topological polar surface area (TPSA) is 106 Å². The molecular weight excluding hydrogens is 559 g/mol. The van der Waals surface area contributed by atoms with Crippen molar-refractivity contribution in [2.45, 2.75) is 33.4 Å². The van der Waals surface area contributed by atoms with Crippen molar-refractivity contribution < 1.29 is 33.4 Å². The molecule has 1 saturated heterocycles. The van der Waals surface area contributed by atoms with Crippen LogP contribution in [0.4, 0.5) is 9.52 Å². The van der Waals surface area contributed by atoms with Crippen molar-refractivity contribution in [3.63, 3.8) is 0 Å². The monoisotopic (exact) mass is 586 g/mol. The zero-order valence-electron chi connectivity index (χ0n) is 23.1. The molecule has 3 aromatic carbocycles. The molecule has 0 spiro atoms. The Morgan fingerprint density at radius 3 is 2.40 bits per heavy atom. The zero-order valence-corrected chi connectivity index (χ0v) is 23.9. The maximum Gasteiger partial charge on any atom is 0.350 e. The Hall–Kier alpha value is -4.83. The zero-order chi connectivity index (χ0) is 30.0. The number of nitrogens with zero attached hydrogens (tertiary/aromatic N) is 2. The van der Waals surface area contributed by atoms with Crippen LogP contribution in [0.2, 0.25) is 0 Å². The van der Waals surface area contributed by atoms with E-state index in [-0.39, 0.29) is 33.3 Å². The van der Waals surface area contributed by atoms with Crippen molar-refractivity contribution in [3.05, 3.63) is 117 Å². The number of aryl methyl sites for hydroxylation is 2. The number of aromatic nitrogens is 1. The summed E-state index contributed by atoms with van der Waals surface area (Å²) < 4.78 is 26.1. The fourth-order valence-corrected chi connectivity index (χ4v) is 5.68. The number of amides is 1. The van der Waals surface area contributed by atoms with Crippen LogP contribution in [-0.4, -0.2) is 34.4 Å². The fraction of sp³-hybridized carbons (Fsp3) is 0.188. The van der Waals surface area contributed by atoms with Gasteiger partial charge in [-0.2, -0.15) is 0 Å². The number of carbonyl (C=O) groups is 3. The molecule has 8 nitrogen and oxygen atoms in total. The normalized spacial score (nSPS) is 16.1. The quantitative estimate of drug-likeness (QED) is 0.112. The predicted octanol–water partition coefficient (Wildman–Crippen LogP) is 6.28. The van der Waals surface area contributed by atoms with E-state index in [9.17, 15) is 19.5 Å². The number of rotatable bonds is 8. The molecule has 1 aromatic heterocycles. The molecule has 1 aliphatic heterocycles. The molecule has 0 radical (unpaired) electrons. The number of ether oxygens (including phenoxy) is 2. The summed E-state index contributed by atoms with van der Waals surface area (Å²) in [5, 5.41) is 11.4. The van der Waals surface area contributed by atoms with E-state index in [1.807, 2.05) is 31.2 Å². The van der Waals surface area contributed by atoms with Gasteiger partial charge in [-0.3, -0.25) is 14.5 Å². The Balaban J connectivity index is 1.54. The van der Waals surface area contributed by atoms with Gasteiger partial charge in [-0.15, -0.1) is 0 Å². The van der Waals surface area contributed by atoms with E-state index in [0.717, 1.165) is 27.4 Å². The number of carbonyl (C=O) groups excluding carboxylic acids is 3. The number of thiazole rings is 1. The summed E-state index contributed by atoms with van der Waals surface area (Å²) >= 11 is 0.855. The first kappa shape index (κ1) is 28.7. The first-order valence-corrected chi connectivity index (χ1v) is 14.0. The Morgan fingerprint density at radius 1 is 1.02 bits per heavy atom. The number of aliphatic hydroxyl groups is 1. The standard InChI is InChI=1S/C32H27FN2O6S/c1-4-40-31(39)29-19(3)34-32(42-29)35-26(23-11-7-8-12-24(23)33)25(28(37)30(35)38)27(36)20-13-15-22(16-14-20)41-17-21-10-6-5-9-18(21)2/h5-16,26,36H,4,17H2,1-3H3/b27-25+. The van der Waals surface area contributed by atoms with Gasteiger partial charge in [0.1, 0.15) is 34.9 Å². The lowest BCUT2D eigenvalue weighted by Gasteiger charge is -2.23. The van der Waals surface area contributed by atoms with Crippen molar-refractivity contribution in [3.8, 4) is 5.75 Å². The summed E-state index contributed by atoms with van der Waals surface area (Å²) in [5.41, 5.74) is 2.34. The van der Waals surface area contributed by atoms with Crippen LogP contribution in [0.15, 0.2) is 78.4 Å². The van der Waals surface area contributed by atoms with Gasteiger partial charge in [0.25, 0.3) is 5.78 Å². The first-order valence-electron chi connectivity index (χ1n) is 13.2. The van der Waals surface area contributed by atoms with Gasteiger partial charge >= 0.3 is 11.9 Å². The molecule has 1 aliphatic rings. The van der Waals surface area contributed by atoms with Crippen LogP contribution in [0.3, 0.4) is 0 Å². The Kier molecular flexibility index (Phi) is 8.17. The van der Waals surface area contributed by atoms with Crippen molar-refractivity contribution in [2.75, 3.05) is 11.5 Å². The molecule has 1 atom stereocenters. The minimum absolute atomic E-state index is 0.00455. The van der Waals surface area contributed by atoms with E-state index in [1.165, 1.54) is 18.2 Å². The summed E-state index contributed by atoms with van der Waals surface area (Å²) in [7, 11) is 0. The second-order valence-electron chi connectivity index (χ2n) is 9.56. The van der Waals surface area contributed by atoms with Crippen molar-refractivity contribution in [1.82, 2.24) is 4.98 Å². The van der Waals surface area contributed by atoms with E-state index in [1.54, 1.807) is 44.2 Å². The molecule has 0 aliphatic carbocycles. The van der Waals surface area contributed by atoms with Gasteiger partial charge in [-0.1, -0.05) is 53.8 Å². The summed E-state index contributed by atoms with van der Waals surface area (Å²) in [6, 6.07) is 18.6. The number of anilines is 1. The first-order chi connectivity index (χ1) is 20.2. The highest BCUT2D eigenvalue weighted by Crippen LogP contribution is 2.44. The van der Waals surface area contributed by atoms with Crippen molar-refractivity contribution in [2.24, 2.45) is 0 Å². The maximum atomic E-state index is 15.2. The van der Waals surface area contributed by atoms with E-state index < -0.39 is 35.3 Å². The lowest BCUT2D eigenvalue weighted by Crippen LogP contribution is -2.29. The van der Waals surface area contributed by atoms with Gasteiger partial charge in [-0.05, 0) is 62.2 Å². The Morgan fingerprint density at radius 2 is 1.71 bits per heavy atom. The third-order valence-electron chi connectivity index (χ3n) is 6.88. The van der Waals surface area contributed by atoms with Crippen LogP contribution in [0.5, 0.6) is 5.75 Å². The van der Waals surface area contributed by atoms with E-state index >= 15 is 4.39 Å². The van der Waals surface area contributed by atoms with Gasteiger partial charge < -0.3 is 14.6 Å². The number of Topliss-reactive ketones (excluding diaryl/α,β-unsaturated/α-hetero) is 1. The summed E-state index contributed by atoms with van der Waals surface area (Å²) in [6.45, 7) is 5.71. The molecule has 42 heavy (non-hydrogen) atoms. The molecule has 4 aromatic rings. The Labute approximate surface area is 245 Å². The van der Waals surface area contributed by atoms with Crippen molar-refractivity contribution in [1.29, 1.82) is 0 Å². The van der Waals surface area contributed by atoms with Gasteiger partial charge in [0, 0.05) is 11.1 Å². The van der Waals surface area contributed by atoms with Crippen LogP contribution in [0.1, 0.15) is 50.6 Å². The number of halogens is 1. The predicted molar refractivity (Wildman–Crippen MR) is 156 cm³/mol. The third kappa shape index (κ3) is 5.40. The van der Waals surface area contributed by atoms with E-state index in [4.69, 9.17) is 9.47 Å². The van der Waals surface area contributed by atoms with Crippen LogP contribution in [-0.2, 0) is 20.9 Å². The molecule has 10 heteroatoms. The summed E-state index contributed by atoms with van der Waals surface area (Å²) in [4.78, 5) is 44.8. The molecule has 0 bridgehead atoms. The van der Waals surface area contributed by atoms with Crippen LogP contribution < -0.4 is 9.64 Å². The highest BCUT2D eigenvalue weighted by Gasteiger charge is 2.49. The molecular formula is C32H27FN2O6S. The molecule has 1 N–H and O–H groups in total. The number of aliphatic hydroxyl groups excluding tert-OH is 1. The molecule has 5 rings (SSSR count). The van der Waals surface area contributed by atoms with Crippen LogP contribution in [0, 0.1) is 19.7 Å². The number of hydrogen-bond acceptors (Lipinski definition) is 8. The number of benzene rings is 3. The summed E-state index contributed by atoms with van der Waals surface area (Å²) in [5.74, 6) is -3.26. The minimum Gasteiger partial charge on any atom is -0.507 e. The molecule has 0 saturated carbocycles. The van der Waals surface area contributed by atoms with Gasteiger partial charge in [-0.25, -0.2) is 14.2 Å². The second kappa shape index (κ2) is 12.0. The number of hydrogen-bond donors (Lipinski definition) is 1. The number of esters is 1. The van der Waals surface area contributed by atoms with E-state index in [0.29, 0.717) is 18.1 Å². The molecule has 1 unspecified atom stereocenters. The largest absolute Gasteiger partial charge is 0.507 e. The lowest BCUT2D eigenvalue weighted by molar-refractivity contribution is -0.132. The number of ketones is 1. The smallest absolute Gasteiger partial charge is 0.350 e. The second-order valence-corrected chi connectivity index (χ2v) is 10.5. The average Bonchev–Trinajstić information content (AvgIpc) is 3.49. The van der Waals surface area contributed by atoms with Gasteiger partial charge in [0.15, 0.2) is 5.13 Å². The molecule has 1 amide bonds. The minimum atomic E-state index is -1.33. The fourth-order valence-electron chi connectivity index (χ4n) is 4.69. The van der Waals surface area contributed by atoms with Gasteiger partial charge in [0.2, 0.25) is 0 Å². The van der Waals surface area contributed by atoms with Crippen molar-refractivity contribution >= 4 is 39.9 Å². The van der Waals surface area contributed by atoms with E-state index in [2.05, 4.69) is 4.98 Å². The maximum absolute atomic E-state index is 15.2. The molecule has 2 heterocycles. The molecule has 1 fully saturated rings. The molecule has 214 valence electrons. The summed E-state index contributed by atoms with van der Waals surface area (Å²) in [6.07, 6.45) is 0. The average molecular weight is 587 g/mol. The van der Waals surface area contributed by atoms with Crippen LogP contribution >= 0.6 is 11.3 Å². The lowest BCUT2D eigenvalue weighted by atomic mass is 9.95. The van der Waals surface area contributed by atoms with Gasteiger partial charge in [0.05, 0.1) is 17.9 Å². The Bertz CT molecular complexity index is 1710. The van der Waals surface area contributed by atoms with Crippen LogP contribution in [0.25, 0.3) is 5.76 Å². The third-order valence-corrected chi connectivity index (χ3v) is 8.02. The highest BCUT2D eigenvalue weighted by molar-refractivity contribution is 7.17. The highest BCUT2D eigenvalue weighted by atomic mass is 32.1. The SMILES string of the molecule is CCOC(=O)c1sc(N2C(=O)C(=O)/C(=C(/O)c3ccc(OCc4ccccc4C)cc3)C2c2ccccc2F)nc1C.